The van der Waals surface area contributed by atoms with Crippen LogP contribution in [0.25, 0.3) is 0 Å². The summed E-state index contributed by atoms with van der Waals surface area (Å²) < 4.78 is 0. The number of hydrogen-bond donors (Lipinski definition) is 1. The summed E-state index contributed by atoms with van der Waals surface area (Å²) in [4.78, 5) is 0. The van der Waals surface area contributed by atoms with Crippen LogP contribution < -0.4 is 5.32 Å². The highest BCUT2D eigenvalue weighted by atomic mass is 14.9. The lowest BCUT2D eigenvalue weighted by atomic mass is 9.84. The molecule has 4 atom stereocenters. The van der Waals surface area contributed by atoms with Crippen LogP contribution in [0.5, 0.6) is 0 Å². The first-order valence-electron chi connectivity index (χ1n) is 7.74. The Hall–Kier alpha value is -0.300. The van der Waals surface area contributed by atoms with Crippen molar-refractivity contribution in [3.05, 3.63) is 12.2 Å². The second kappa shape index (κ2) is 5.14. The van der Waals surface area contributed by atoms with Gasteiger partial charge in [-0.15, -0.1) is 0 Å². The monoisotopic (exact) mass is 233 g/mol. The van der Waals surface area contributed by atoms with Crippen LogP contribution in [0.15, 0.2) is 12.2 Å². The largest absolute Gasteiger partial charge is 0.314 e. The Bertz CT molecular complexity index is 277. The Morgan fingerprint density at radius 1 is 1.12 bits per heavy atom. The van der Waals surface area contributed by atoms with E-state index in [0.717, 1.165) is 29.7 Å². The third kappa shape index (κ3) is 2.59. The van der Waals surface area contributed by atoms with E-state index >= 15 is 0 Å². The van der Waals surface area contributed by atoms with Gasteiger partial charge in [-0.3, -0.25) is 0 Å². The summed E-state index contributed by atoms with van der Waals surface area (Å²) in [5.74, 6) is 3.73. The van der Waals surface area contributed by atoms with Gasteiger partial charge in [-0.25, -0.2) is 0 Å². The molecule has 1 N–H and O–H groups in total. The van der Waals surface area contributed by atoms with Crippen molar-refractivity contribution in [1.29, 1.82) is 0 Å². The van der Waals surface area contributed by atoms with Crippen LogP contribution in [0.3, 0.4) is 0 Å². The summed E-state index contributed by atoms with van der Waals surface area (Å²) in [7, 11) is 0. The van der Waals surface area contributed by atoms with E-state index in [1.165, 1.54) is 51.5 Å². The van der Waals surface area contributed by atoms with E-state index in [4.69, 9.17) is 0 Å². The molecule has 0 heterocycles. The van der Waals surface area contributed by atoms with Crippen LogP contribution in [0, 0.1) is 23.7 Å². The van der Waals surface area contributed by atoms with Gasteiger partial charge in [-0.2, -0.15) is 0 Å². The van der Waals surface area contributed by atoms with Gasteiger partial charge in [-0.1, -0.05) is 31.4 Å². The molecule has 4 unspecified atom stereocenters. The molecule has 0 amide bonds. The predicted molar refractivity (Wildman–Crippen MR) is 72.9 cm³/mol. The fraction of sp³-hybridized carbons (Fsp3) is 0.875. The summed E-state index contributed by atoms with van der Waals surface area (Å²) in [6, 6.07) is 0.749. The summed E-state index contributed by atoms with van der Waals surface area (Å²) in [5, 5.41) is 3.85. The van der Waals surface area contributed by atoms with E-state index < -0.39 is 0 Å². The van der Waals surface area contributed by atoms with Gasteiger partial charge in [0.05, 0.1) is 0 Å². The topological polar surface area (TPSA) is 12.0 Å². The van der Waals surface area contributed by atoms with Crippen molar-refractivity contribution in [3.8, 4) is 0 Å². The molecule has 3 rings (SSSR count). The van der Waals surface area contributed by atoms with Crippen LogP contribution in [-0.4, -0.2) is 12.6 Å². The molecule has 2 fully saturated rings. The van der Waals surface area contributed by atoms with Gasteiger partial charge in [0, 0.05) is 6.04 Å². The predicted octanol–water partition coefficient (Wildman–Crippen LogP) is 3.76. The van der Waals surface area contributed by atoms with Gasteiger partial charge >= 0.3 is 0 Å². The van der Waals surface area contributed by atoms with Gasteiger partial charge in [-0.05, 0) is 62.8 Å². The highest BCUT2D eigenvalue weighted by molar-refractivity contribution is 5.10. The van der Waals surface area contributed by atoms with Crippen LogP contribution in [0.1, 0.15) is 51.9 Å². The van der Waals surface area contributed by atoms with Crippen molar-refractivity contribution in [3.63, 3.8) is 0 Å². The Balaban J connectivity index is 1.43. The zero-order valence-corrected chi connectivity index (χ0v) is 11.2. The first-order chi connectivity index (χ1) is 8.33. The van der Waals surface area contributed by atoms with Gasteiger partial charge in [0.2, 0.25) is 0 Å². The summed E-state index contributed by atoms with van der Waals surface area (Å²) >= 11 is 0. The van der Waals surface area contributed by atoms with Crippen molar-refractivity contribution in [2.24, 2.45) is 23.7 Å². The molecule has 1 heteroatoms. The lowest BCUT2D eigenvalue weighted by molar-refractivity contribution is 0.265. The van der Waals surface area contributed by atoms with Crippen molar-refractivity contribution >= 4 is 0 Å². The van der Waals surface area contributed by atoms with Gasteiger partial charge in [0.15, 0.2) is 0 Å². The molecule has 0 aromatic carbocycles. The molecule has 0 radical (unpaired) electrons. The molecule has 96 valence electrons. The molecule has 2 saturated carbocycles. The third-order valence-electron chi connectivity index (χ3n) is 5.48. The van der Waals surface area contributed by atoms with Crippen molar-refractivity contribution in [2.75, 3.05) is 6.54 Å². The lowest BCUT2D eigenvalue weighted by Gasteiger charge is -2.30. The first kappa shape index (κ1) is 11.8. The van der Waals surface area contributed by atoms with E-state index in [9.17, 15) is 0 Å². The quantitative estimate of drug-likeness (QED) is 0.729. The van der Waals surface area contributed by atoms with Crippen molar-refractivity contribution < 1.29 is 0 Å². The molecule has 3 aliphatic carbocycles. The standard InChI is InChI=1S/C16H27N/c1-12(14-5-3-2-4-6-14)17-11-16-10-13-7-8-15(16)9-13/h7-8,12-17H,2-6,9-11H2,1H3. The molecule has 0 aromatic heterocycles. The van der Waals surface area contributed by atoms with Gasteiger partial charge in [0.25, 0.3) is 0 Å². The highest BCUT2D eigenvalue weighted by Gasteiger charge is 2.35. The van der Waals surface area contributed by atoms with Crippen LogP contribution >= 0.6 is 0 Å². The molecule has 1 nitrogen and oxygen atoms in total. The molecule has 0 aromatic rings. The Labute approximate surface area is 106 Å². The minimum Gasteiger partial charge on any atom is -0.314 e. The highest BCUT2D eigenvalue weighted by Crippen LogP contribution is 2.43. The van der Waals surface area contributed by atoms with E-state index in [0.29, 0.717) is 0 Å². The molecule has 17 heavy (non-hydrogen) atoms. The van der Waals surface area contributed by atoms with Crippen LogP contribution in [-0.2, 0) is 0 Å². The van der Waals surface area contributed by atoms with Crippen molar-refractivity contribution in [2.45, 2.75) is 57.9 Å². The molecule has 3 aliphatic rings. The lowest BCUT2D eigenvalue weighted by Crippen LogP contribution is -2.38. The molecular formula is C16H27N. The number of rotatable bonds is 4. The zero-order valence-electron chi connectivity index (χ0n) is 11.2. The van der Waals surface area contributed by atoms with E-state index in [-0.39, 0.29) is 0 Å². The maximum atomic E-state index is 3.85. The Morgan fingerprint density at radius 2 is 1.94 bits per heavy atom. The zero-order chi connectivity index (χ0) is 11.7. The van der Waals surface area contributed by atoms with E-state index in [1.54, 1.807) is 0 Å². The summed E-state index contributed by atoms with van der Waals surface area (Å²) in [5.41, 5.74) is 0. The Morgan fingerprint density at radius 3 is 2.59 bits per heavy atom. The molecule has 0 aliphatic heterocycles. The number of nitrogens with one attached hydrogen (secondary N) is 1. The average Bonchev–Trinajstić information content (AvgIpc) is 2.99. The Kier molecular flexibility index (Phi) is 3.56. The SMILES string of the molecule is CC(NCC1CC2C=CC1C2)C1CCCCC1. The summed E-state index contributed by atoms with van der Waals surface area (Å²) in [6.45, 7) is 3.68. The number of fused-ring (bicyclic) bond motifs is 2. The molecular weight excluding hydrogens is 206 g/mol. The maximum absolute atomic E-state index is 3.85. The van der Waals surface area contributed by atoms with E-state index in [2.05, 4.69) is 24.4 Å². The number of allylic oxidation sites excluding steroid dienone is 2. The second-order valence-corrected chi connectivity index (χ2v) is 6.64. The second-order valence-electron chi connectivity index (χ2n) is 6.64. The molecule has 0 spiro atoms. The average molecular weight is 233 g/mol. The minimum absolute atomic E-state index is 0.749. The van der Waals surface area contributed by atoms with Crippen molar-refractivity contribution in [1.82, 2.24) is 5.32 Å². The normalized spacial score (nSPS) is 38.8. The van der Waals surface area contributed by atoms with Gasteiger partial charge < -0.3 is 5.32 Å². The first-order valence-corrected chi connectivity index (χ1v) is 7.74. The summed E-state index contributed by atoms with van der Waals surface area (Å²) in [6.07, 6.45) is 15.2. The van der Waals surface area contributed by atoms with Crippen LogP contribution in [0.4, 0.5) is 0 Å². The third-order valence-corrected chi connectivity index (χ3v) is 5.48. The minimum atomic E-state index is 0.749. The fourth-order valence-corrected chi connectivity index (χ4v) is 4.27. The fourth-order valence-electron chi connectivity index (χ4n) is 4.27. The van der Waals surface area contributed by atoms with E-state index in [1.807, 2.05) is 0 Å². The molecule has 2 bridgehead atoms. The number of hydrogen-bond acceptors (Lipinski definition) is 1. The maximum Gasteiger partial charge on any atom is 0.00671 e. The van der Waals surface area contributed by atoms with Crippen LogP contribution in [0.2, 0.25) is 0 Å². The van der Waals surface area contributed by atoms with Gasteiger partial charge in [0.1, 0.15) is 0 Å². The smallest absolute Gasteiger partial charge is 0.00671 e. The molecule has 0 saturated heterocycles.